The smallest absolute Gasteiger partial charge is 0.255 e. The SMILES string of the molecule is CC(=O)c1ccc(N2CCN(C(=O)c3ccc(OC4CCSC4)nc3)CC2)cc1. The van der Waals surface area contributed by atoms with Gasteiger partial charge in [0.05, 0.1) is 5.56 Å². The summed E-state index contributed by atoms with van der Waals surface area (Å²) in [7, 11) is 0. The number of rotatable bonds is 5. The molecule has 2 aromatic rings. The highest BCUT2D eigenvalue weighted by atomic mass is 32.2. The number of hydrogen-bond acceptors (Lipinski definition) is 6. The molecule has 4 rings (SSSR count). The van der Waals surface area contributed by atoms with Gasteiger partial charge in [-0.05, 0) is 49.4 Å². The van der Waals surface area contributed by atoms with E-state index >= 15 is 0 Å². The number of aromatic nitrogens is 1. The van der Waals surface area contributed by atoms with Gasteiger partial charge in [0.2, 0.25) is 5.88 Å². The van der Waals surface area contributed by atoms with Gasteiger partial charge >= 0.3 is 0 Å². The van der Waals surface area contributed by atoms with Crippen molar-refractivity contribution in [1.29, 1.82) is 0 Å². The Morgan fingerprint density at radius 3 is 2.34 bits per heavy atom. The van der Waals surface area contributed by atoms with E-state index in [0.717, 1.165) is 36.7 Å². The van der Waals surface area contributed by atoms with Crippen LogP contribution in [0.2, 0.25) is 0 Å². The van der Waals surface area contributed by atoms with Gasteiger partial charge in [0.1, 0.15) is 6.10 Å². The summed E-state index contributed by atoms with van der Waals surface area (Å²) in [6, 6.07) is 11.3. The van der Waals surface area contributed by atoms with Crippen molar-refractivity contribution in [1.82, 2.24) is 9.88 Å². The van der Waals surface area contributed by atoms with E-state index in [4.69, 9.17) is 4.74 Å². The maximum Gasteiger partial charge on any atom is 0.255 e. The van der Waals surface area contributed by atoms with Crippen molar-refractivity contribution in [2.75, 3.05) is 42.6 Å². The predicted molar refractivity (Wildman–Crippen MR) is 115 cm³/mol. The topological polar surface area (TPSA) is 62.7 Å². The van der Waals surface area contributed by atoms with Gasteiger partial charge in [-0.25, -0.2) is 4.98 Å². The molecule has 1 unspecified atom stereocenters. The number of nitrogens with zero attached hydrogens (tertiary/aromatic N) is 3. The highest BCUT2D eigenvalue weighted by Gasteiger charge is 2.23. The Balaban J connectivity index is 1.32. The second-order valence-corrected chi connectivity index (χ2v) is 8.52. The van der Waals surface area contributed by atoms with E-state index < -0.39 is 0 Å². The summed E-state index contributed by atoms with van der Waals surface area (Å²) in [5, 5.41) is 0. The van der Waals surface area contributed by atoms with E-state index in [0.29, 0.717) is 30.1 Å². The van der Waals surface area contributed by atoms with Crippen molar-refractivity contribution in [2.45, 2.75) is 19.4 Å². The van der Waals surface area contributed by atoms with E-state index in [1.807, 2.05) is 40.9 Å². The molecule has 0 N–H and O–H groups in total. The molecule has 6 nitrogen and oxygen atoms in total. The summed E-state index contributed by atoms with van der Waals surface area (Å²) in [4.78, 5) is 32.7. The van der Waals surface area contributed by atoms with E-state index in [2.05, 4.69) is 9.88 Å². The number of Topliss-reactive ketones (excluding diaryl/α,β-unsaturated/α-hetero) is 1. The van der Waals surface area contributed by atoms with Crippen LogP contribution in [0.5, 0.6) is 5.88 Å². The monoisotopic (exact) mass is 411 g/mol. The molecule has 0 saturated carbocycles. The minimum atomic E-state index is 0.00653. The Kier molecular flexibility index (Phi) is 6.04. The number of piperazine rings is 1. The molecule has 2 aliphatic heterocycles. The van der Waals surface area contributed by atoms with E-state index in [1.165, 1.54) is 0 Å². The zero-order valence-electron chi connectivity index (χ0n) is 16.5. The van der Waals surface area contributed by atoms with Gasteiger partial charge in [-0.3, -0.25) is 9.59 Å². The summed E-state index contributed by atoms with van der Waals surface area (Å²) in [6.45, 7) is 4.41. The van der Waals surface area contributed by atoms with Crippen molar-refractivity contribution in [3.05, 3.63) is 53.7 Å². The highest BCUT2D eigenvalue weighted by molar-refractivity contribution is 7.99. The van der Waals surface area contributed by atoms with E-state index in [1.54, 1.807) is 25.3 Å². The Hall–Kier alpha value is -2.54. The van der Waals surface area contributed by atoms with E-state index in [-0.39, 0.29) is 17.8 Å². The molecule has 3 heterocycles. The fraction of sp³-hybridized carbons (Fsp3) is 0.409. The molecule has 1 aromatic heterocycles. The lowest BCUT2D eigenvalue weighted by molar-refractivity contribution is 0.0746. The summed E-state index contributed by atoms with van der Waals surface area (Å²) in [5.74, 6) is 2.80. The van der Waals surface area contributed by atoms with Crippen LogP contribution in [0.25, 0.3) is 0 Å². The van der Waals surface area contributed by atoms with Crippen LogP contribution in [-0.4, -0.2) is 65.4 Å². The first kappa shape index (κ1) is 19.8. The average Bonchev–Trinajstić information content (AvgIpc) is 3.27. The lowest BCUT2D eigenvalue weighted by Gasteiger charge is -2.36. The van der Waals surface area contributed by atoms with Gasteiger partial charge in [0, 0.05) is 55.4 Å². The highest BCUT2D eigenvalue weighted by Crippen LogP contribution is 2.22. The molecule has 0 spiro atoms. The van der Waals surface area contributed by atoms with Crippen molar-refractivity contribution in [2.24, 2.45) is 0 Å². The maximum absolute atomic E-state index is 12.8. The van der Waals surface area contributed by atoms with Crippen LogP contribution < -0.4 is 9.64 Å². The Morgan fingerprint density at radius 2 is 1.76 bits per heavy atom. The van der Waals surface area contributed by atoms with Gasteiger partial charge in [-0.15, -0.1) is 0 Å². The summed E-state index contributed by atoms with van der Waals surface area (Å²) in [5.41, 5.74) is 2.39. The summed E-state index contributed by atoms with van der Waals surface area (Å²) < 4.78 is 5.86. The first-order chi connectivity index (χ1) is 14.1. The minimum absolute atomic E-state index is 0.00653. The molecule has 0 aliphatic carbocycles. The third-order valence-electron chi connectivity index (χ3n) is 5.36. The third-order valence-corrected chi connectivity index (χ3v) is 6.50. The van der Waals surface area contributed by atoms with Crippen molar-refractivity contribution < 1.29 is 14.3 Å². The number of anilines is 1. The largest absolute Gasteiger partial charge is 0.473 e. The standard InChI is InChI=1S/C22H25N3O3S/c1-16(26)17-2-5-19(6-3-17)24-9-11-25(12-10-24)22(27)18-4-7-21(23-14-18)28-20-8-13-29-15-20/h2-7,14,20H,8-13,15H2,1H3. The normalized spacial score (nSPS) is 19.3. The Bertz CT molecular complexity index is 856. The fourth-order valence-corrected chi connectivity index (χ4v) is 4.70. The van der Waals surface area contributed by atoms with Crippen LogP contribution in [0.1, 0.15) is 34.1 Å². The number of ketones is 1. The first-order valence-electron chi connectivity index (χ1n) is 9.96. The molecule has 2 fully saturated rings. The van der Waals surface area contributed by atoms with Gasteiger partial charge in [0.15, 0.2) is 5.78 Å². The molecule has 1 amide bonds. The van der Waals surface area contributed by atoms with Crippen LogP contribution in [0.3, 0.4) is 0 Å². The second kappa shape index (κ2) is 8.86. The van der Waals surface area contributed by atoms with Crippen LogP contribution in [-0.2, 0) is 0 Å². The minimum Gasteiger partial charge on any atom is -0.473 e. The number of pyridine rings is 1. The number of hydrogen-bond donors (Lipinski definition) is 0. The van der Waals surface area contributed by atoms with Crippen molar-refractivity contribution >= 4 is 29.1 Å². The van der Waals surface area contributed by atoms with Gasteiger partial charge in [0.25, 0.3) is 5.91 Å². The van der Waals surface area contributed by atoms with Crippen LogP contribution in [0.4, 0.5) is 5.69 Å². The number of benzene rings is 1. The Labute approximate surface area is 175 Å². The zero-order chi connectivity index (χ0) is 20.2. The van der Waals surface area contributed by atoms with Crippen LogP contribution in [0, 0.1) is 0 Å². The van der Waals surface area contributed by atoms with Crippen molar-refractivity contribution in [3.63, 3.8) is 0 Å². The number of thioether (sulfide) groups is 1. The Morgan fingerprint density at radius 1 is 1.03 bits per heavy atom. The summed E-state index contributed by atoms with van der Waals surface area (Å²) >= 11 is 1.90. The third kappa shape index (κ3) is 4.72. The zero-order valence-corrected chi connectivity index (χ0v) is 17.4. The summed E-state index contributed by atoms with van der Waals surface area (Å²) in [6.07, 6.45) is 2.90. The molecule has 7 heteroatoms. The lowest BCUT2D eigenvalue weighted by Crippen LogP contribution is -2.48. The first-order valence-corrected chi connectivity index (χ1v) is 11.1. The van der Waals surface area contributed by atoms with E-state index in [9.17, 15) is 9.59 Å². The van der Waals surface area contributed by atoms with Gasteiger partial charge < -0.3 is 14.5 Å². The maximum atomic E-state index is 12.8. The number of amides is 1. The van der Waals surface area contributed by atoms with Gasteiger partial charge in [-0.2, -0.15) is 11.8 Å². The average molecular weight is 412 g/mol. The molecule has 29 heavy (non-hydrogen) atoms. The number of carbonyl (C=O) groups excluding carboxylic acids is 2. The predicted octanol–water partition coefficient (Wildman–Crippen LogP) is 3.13. The molecular formula is C22H25N3O3S. The number of carbonyl (C=O) groups is 2. The lowest BCUT2D eigenvalue weighted by atomic mass is 10.1. The molecule has 2 aliphatic rings. The van der Waals surface area contributed by atoms with Gasteiger partial charge in [-0.1, -0.05) is 0 Å². The molecule has 1 atom stereocenters. The number of ether oxygens (including phenoxy) is 1. The molecule has 152 valence electrons. The molecule has 2 saturated heterocycles. The van der Waals surface area contributed by atoms with Crippen LogP contribution >= 0.6 is 11.8 Å². The molecule has 1 aromatic carbocycles. The van der Waals surface area contributed by atoms with Crippen molar-refractivity contribution in [3.8, 4) is 5.88 Å². The fourth-order valence-electron chi connectivity index (χ4n) is 3.61. The van der Waals surface area contributed by atoms with Crippen LogP contribution in [0.15, 0.2) is 42.6 Å². The molecule has 0 radical (unpaired) electrons. The molecular weight excluding hydrogens is 386 g/mol. The second-order valence-electron chi connectivity index (χ2n) is 7.37. The molecule has 0 bridgehead atoms. The quantitative estimate of drug-likeness (QED) is 0.705.